The highest BCUT2D eigenvalue weighted by molar-refractivity contribution is 5.92. The van der Waals surface area contributed by atoms with Crippen LogP contribution in [0, 0.1) is 0 Å². The molecule has 7 heteroatoms. The Morgan fingerprint density at radius 1 is 0.939 bits per heavy atom. The van der Waals surface area contributed by atoms with Crippen molar-refractivity contribution in [3.05, 3.63) is 82.0 Å². The quantitative estimate of drug-likeness (QED) is 0.380. The van der Waals surface area contributed by atoms with Crippen molar-refractivity contribution >= 4 is 11.0 Å². The summed E-state index contributed by atoms with van der Waals surface area (Å²) in [7, 11) is 2.90. The standard InChI is InChI=1S/C26H24O7/c1-31-14-17(15-6-4-3-5-7-15)12-19-23(29)26(32-2)24(30)22-20(28)13-21(33-25(19)22)16-8-10-18(27)11-9-16/h3-11,13,17,27,29-30H,12,14H2,1-2H3/t17-/m0/s1. The molecule has 4 aromatic rings. The number of rotatable bonds is 7. The fourth-order valence-corrected chi connectivity index (χ4v) is 4.00. The van der Waals surface area contributed by atoms with E-state index in [9.17, 15) is 20.1 Å². The molecule has 7 nitrogen and oxygen atoms in total. The van der Waals surface area contributed by atoms with Gasteiger partial charge in [-0.1, -0.05) is 30.3 Å². The van der Waals surface area contributed by atoms with Crippen molar-refractivity contribution in [3.8, 4) is 34.3 Å². The first kappa shape index (κ1) is 22.2. The third kappa shape index (κ3) is 4.23. The second-order valence-electron chi connectivity index (χ2n) is 7.70. The maximum Gasteiger partial charge on any atom is 0.204 e. The third-order valence-electron chi connectivity index (χ3n) is 5.62. The minimum atomic E-state index is -0.487. The maximum atomic E-state index is 13.0. The Morgan fingerprint density at radius 3 is 2.27 bits per heavy atom. The molecule has 3 N–H and O–H groups in total. The number of ether oxygens (including phenoxy) is 2. The molecule has 0 amide bonds. The monoisotopic (exact) mass is 448 g/mol. The van der Waals surface area contributed by atoms with Crippen LogP contribution in [0.5, 0.6) is 23.0 Å². The van der Waals surface area contributed by atoms with E-state index in [1.54, 1.807) is 19.2 Å². The summed E-state index contributed by atoms with van der Waals surface area (Å²) in [6.45, 7) is 0.357. The van der Waals surface area contributed by atoms with Crippen LogP contribution in [0.3, 0.4) is 0 Å². The lowest BCUT2D eigenvalue weighted by molar-refractivity contribution is 0.178. The fraction of sp³-hybridized carbons (Fsp3) is 0.192. The van der Waals surface area contributed by atoms with Crippen molar-refractivity contribution in [2.45, 2.75) is 12.3 Å². The van der Waals surface area contributed by atoms with Gasteiger partial charge >= 0.3 is 0 Å². The van der Waals surface area contributed by atoms with Crippen molar-refractivity contribution in [1.82, 2.24) is 0 Å². The van der Waals surface area contributed by atoms with Crippen LogP contribution in [0.1, 0.15) is 17.0 Å². The molecule has 0 spiro atoms. The first-order valence-corrected chi connectivity index (χ1v) is 10.4. The molecule has 0 unspecified atom stereocenters. The van der Waals surface area contributed by atoms with Gasteiger partial charge in [0, 0.05) is 30.2 Å². The molecule has 0 bridgehead atoms. The van der Waals surface area contributed by atoms with Crippen LogP contribution < -0.4 is 10.2 Å². The summed E-state index contributed by atoms with van der Waals surface area (Å²) < 4.78 is 16.7. The summed E-state index contributed by atoms with van der Waals surface area (Å²) in [6, 6.07) is 17.1. The molecule has 4 rings (SSSR count). The van der Waals surface area contributed by atoms with Gasteiger partial charge in [-0.3, -0.25) is 4.79 Å². The molecule has 1 atom stereocenters. The summed E-state index contributed by atoms with van der Waals surface area (Å²) in [4.78, 5) is 13.0. The second kappa shape index (κ2) is 9.26. The van der Waals surface area contributed by atoms with E-state index in [0.29, 0.717) is 17.7 Å². The summed E-state index contributed by atoms with van der Waals surface area (Å²) >= 11 is 0. The van der Waals surface area contributed by atoms with Crippen LogP contribution in [0.25, 0.3) is 22.3 Å². The molecule has 170 valence electrons. The number of fused-ring (bicyclic) bond motifs is 1. The highest BCUT2D eigenvalue weighted by Gasteiger charge is 2.27. The minimum Gasteiger partial charge on any atom is -0.508 e. The number of methoxy groups -OCH3 is 2. The van der Waals surface area contributed by atoms with E-state index >= 15 is 0 Å². The van der Waals surface area contributed by atoms with E-state index in [1.165, 1.54) is 25.3 Å². The van der Waals surface area contributed by atoms with E-state index in [4.69, 9.17) is 13.9 Å². The summed E-state index contributed by atoms with van der Waals surface area (Å²) in [6.07, 6.45) is 0.263. The Kier molecular flexibility index (Phi) is 6.24. The van der Waals surface area contributed by atoms with Crippen molar-refractivity contribution in [2.75, 3.05) is 20.8 Å². The van der Waals surface area contributed by atoms with Crippen molar-refractivity contribution < 1.29 is 29.2 Å². The van der Waals surface area contributed by atoms with Gasteiger partial charge in [-0.25, -0.2) is 0 Å². The highest BCUT2D eigenvalue weighted by Crippen LogP contribution is 2.46. The summed E-state index contributed by atoms with van der Waals surface area (Å²) in [5.41, 5.74) is 1.45. The Hall–Kier alpha value is -3.97. The molecule has 0 aliphatic rings. The largest absolute Gasteiger partial charge is 0.508 e. The molecule has 3 aromatic carbocycles. The molecule has 0 saturated carbocycles. The van der Waals surface area contributed by atoms with Gasteiger partial charge in [0.05, 0.1) is 13.7 Å². The Labute approximate surface area is 190 Å². The predicted octanol–water partition coefficient (Wildman–Crippen LogP) is 4.56. The van der Waals surface area contributed by atoms with Crippen LogP contribution in [0.15, 0.2) is 69.9 Å². The lowest BCUT2D eigenvalue weighted by Gasteiger charge is -2.20. The Bertz CT molecular complexity index is 1330. The van der Waals surface area contributed by atoms with E-state index < -0.39 is 11.2 Å². The highest BCUT2D eigenvalue weighted by atomic mass is 16.5. The van der Waals surface area contributed by atoms with E-state index in [2.05, 4.69) is 0 Å². The van der Waals surface area contributed by atoms with Gasteiger partial charge in [0.2, 0.25) is 5.75 Å². The molecule has 0 saturated heterocycles. The normalized spacial score (nSPS) is 12.1. The molecule has 0 radical (unpaired) electrons. The Morgan fingerprint density at radius 2 is 1.64 bits per heavy atom. The van der Waals surface area contributed by atoms with Gasteiger partial charge in [-0.15, -0.1) is 0 Å². The first-order chi connectivity index (χ1) is 15.9. The lowest BCUT2D eigenvalue weighted by Crippen LogP contribution is -2.12. The van der Waals surface area contributed by atoms with E-state index in [1.807, 2.05) is 30.3 Å². The molecule has 33 heavy (non-hydrogen) atoms. The van der Waals surface area contributed by atoms with E-state index in [-0.39, 0.29) is 46.3 Å². The molecular weight excluding hydrogens is 424 g/mol. The molecule has 0 aliphatic heterocycles. The van der Waals surface area contributed by atoms with Crippen LogP contribution in [-0.4, -0.2) is 36.1 Å². The minimum absolute atomic E-state index is 0.0680. The van der Waals surface area contributed by atoms with Crippen LogP contribution in [-0.2, 0) is 11.2 Å². The number of benzene rings is 3. The zero-order valence-corrected chi connectivity index (χ0v) is 18.2. The SMILES string of the molecule is COC[C@H](Cc1c(O)c(OC)c(O)c2c(=O)cc(-c3ccc(O)cc3)oc12)c1ccccc1. The number of aromatic hydroxyl groups is 3. The van der Waals surface area contributed by atoms with E-state index in [0.717, 1.165) is 5.56 Å². The van der Waals surface area contributed by atoms with Gasteiger partial charge in [-0.2, -0.15) is 0 Å². The van der Waals surface area contributed by atoms with Gasteiger partial charge in [-0.05, 0) is 36.2 Å². The topological polar surface area (TPSA) is 109 Å². The smallest absolute Gasteiger partial charge is 0.204 e. The van der Waals surface area contributed by atoms with Crippen molar-refractivity contribution in [3.63, 3.8) is 0 Å². The second-order valence-corrected chi connectivity index (χ2v) is 7.70. The number of hydrogen-bond donors (Lipinski definition) is 3. The molecule has 1 heterocycles. The maximum absolute atomic E-state index is 13.0. The molecular formula is C26H24O7. The predicted molar refractivity (Wildman–Crippen MR) is 124 cm³/mol. The van der Waals surface area contributed by atoms with Crippen LogP contribution in [0.2, 0.25) is 0 Å². The van der Waals surface area contributed by atoms with Crippen molar-refractivity contribution in [2.24, 2.45) is 0 Å². The molecule has 1 aromatic heterocycles. The zero-order chi connectivity index (χ0) is 23.5. The van der Waals surface area contributed by atoms with Gasteiger partial charge < -0.3 is 29.2 Å². The van der Waals surface area contributed by atoms with Crippen LogP contribution >= 0.6 is 0 Å². The van der Waals surface area contributed by atoms with Gasteiger partial charge in [0.1, 0.15) is 22.5 Å². The number of phenols is 3. The summed E-state index contributed by atoms with van der Waals surface area (Å²) in [5, 5.41) is 31.2. The van der Waals surface area contributed by atoms with Gasteiger partial charge in [0.15, 0.2) is 16.9 Å². The first-order valence-electron chi connectivity index (χ1n) is 10.4. The fourth-order valence-electron chi connectivity index (χ4n) is 4.00. The van der Waals surface area contributed by atoms with Crippen LogP contribution in [0.4, 0.5) is 0 Å². The lowest BCUT2D eigenvalue weighted by atomic mass is 9.90. The average molecular weight is 448 g/mol. The number of phenolic OH excluding ortho intramolecular Hbond substituents is 3. The Balaban J connectivity index is 1.96. The third-order valence-corrected chi connectivity index (χ3v) is 5.62. The number of hydrogen-bond acceptors (Lipinski definition) is 7. The van der Waals surface area contributed by atoms with Crippen molar-refractivity contribution in [1.29, 1.82) is 0 Å². The van der Waals surface area contributed by atoms with Gasteiger partial charge in [0.25, 0.3) is 0 Å². The molecule has 0 aliphatic carbocycles. The summed E-state index contributed by atoms with van der Waals surface area (Å²) in [5.74, 6) is -0.824. The molecule has 0 fully saturated rings. The average Bonchev–Trinajstić information content (AvgIpc) is 2.82. The zero-order valence-electron chi connectivity index (χ0n) is 18.2.